The molecule has 1 radical (unpaired) electrons. The van der Waals surface area contributed by atoms with Gasteiger partial charge in [0.2, 0.25) is 0 Å². The van der Waals surface area contributed by atoms with Gasteiger partial charge < -0.3 is 10.6 Å². The molecule has 0 saturated carbocycles. The molecule has 0 aliphatic carbocycles. The molecule has 0 atom stereocenters. The van der Waals surface area contributed by atoms with E-state index in [1.165, 1.54) is 0 Å². The average molecular weight is 189 g/mol. The van der Waals surface area contributed by atoms with Gasteiger partial charge >= 0.3 is 0 Å². The molecule has 3 heteroatoms. The zero-order chi connectivity index (χ0) is 9.97. The molecule has 0 spiro atoms. The first kappa shape index (κ1) is 9.06. The van der Waals surface area contributed by atoms with Gasteiger partial charge in [-0.15, -0.1) is 0 Å². The Morgan fingerprint density at radius 3 is 2.50 bits per heavy atom. The summed E-state index contributed by atoms with van der Waals surface area (Å²) in [7, 11) is 0. The average Bonchev–Trinajstić information content (AvgIpc) is 2.70. The minimum absolute atomic E-state index is 0.00750. The van der Waals surface area contributed by atoms with E-state index in [4.69, 9.17) is 5.73 Å². The largest absolute Gasteiger partial charge is 0.339 e. The van der Waals surface area contributed by atoms with Gasteiger partial charge in [-0.1, -0.05) is 12.1 Å². The number of amides is 1. The van der Waals surface area contributed by atoms with Gasteiger partial charge in [-0.2, -0.15) is 0 Å². The summed E-state index contributed by atoms with van der Waals surface area (Å²) in [4.78, 5) is 13.7. The molecule has 1 fully saturated rings. The lowest BCUT2D eigenvalue weighted by molar-refractivity contribution is 0.0793. The molecule has 1 heterocycles. The fourth-order valence-corrected chi connectivity index (χ4v) is 1.76. The Kier molecular flexibility index (Phi) is 2.39. The van der Waals surface area contributed by atoms with Crippen LogP contribution >= 0.6 is 0 Å². The number of rotatable bonds is 1. The van der Waals surface area contributed by atoms with Gasteiger partial charge in [-0.05, 0) is 25.0 Å². The van der Waals surface area contributed by atoms with Gasteiger partial charge in [0.15, 0.2) is 0 Å². The smallest absolute Gasteiger partial charge is 0.256 e. The van der Waals surface area contributed by atoms with Gasteiger partial charge in [0.1, 0.15) is 0 Å². The maximum Gasteiger partial charge on any atom is 0.256 e. The van der Waals surface area contributed by atoms with Crippen LogP contribution in [-0.4, -0.2) is 23.9 Å². The lowest BCUT2D eigenvalue weighted by Crippen LogP contribution is -2.27. The molecule has 1 aromatic rings. The lowest BCUT2D eigenvalue weighted by atomic mass is 10.1. The van der Waals surface area contributed by atoms with Crippen molar-refractivity contribution in [2.24, 2.45) is 0 Å². The number of carbonyl (C=O) groups is 1. The van der Waals surface area contributed by atoms with Crippen molar-refractivity contribution in [2.75, 3.05) is 13.1 Å². The fourth-order valence-electron chi connectivity index (χ4n) is 1.76. The number of nitrogens with one attached hydrogen (secondary N) is 1. The van der Waals surface area contributed by atoms with E-state index in [-0.39, 0.29) is 5.91 Å². The third-order valence-electron chi connectivity index (χ3n) is 2.55. The summed E-state index contributed by atoms with van der Waals surface area (Å²) in [6, 6.07) is 6.97. The molecular formula is C11H13N2O. The molecule has 1 N–H and O–H groups in total. The Morgan fingerprint density at radius 1 is 1.21 bits per heavy atom. The molecule has 1 amide bonds. The van der Waals surface area contributed by atoms with Crippen molar-refractivity contribution in [1.29, 1.82) is 0 Å². The molecule has 0 aromatic heterocycles. The second kappa shape index (κ2) is 3.70. The lowest BCUT2D eigenvalue weighted by Gasteiger charge is -2.15. The Bertz CT molecular complexity index is 343. The van der Waals surface area contributed by atoms with Crippen LogP contribution in [0.2, 0.25) is 0 Å². The number of hydrogen-bond acceptors (Lipinski definition) is 1. The van der Waals surface area contributed by atoms with Crippen molar-refractivity contribution < 1.29 is 4.79 Å². The van der Waals surface area contributed by atoms with Crippen LogP contribution in [0.5, 0.6) is 0 Å². The highest BCUT2D eigenvalue weighted by Crippen LogP contribution is 2.18. The van der Waals surface area contributed by atoms with E-state index in [0.717, 1.165) is 25.9 Å². The highest BCUT2D eigenvalue weighted by Gasteiger charge is 2.20. The summed E-state index contributed by atoms with van der Waals surface area (Å²) < 4.78 is 0. The zero-order valence-electron chi connectivity index (χ0n) is 7.99. The summed E-state index contributed by atoms with van der Waals surface area (Å²) in [6.07, 6.45) is 2.18. The van der Waals surface area contributed by atoms with Crippen molar-refractivity contribution in [3.8, 4) is 0 Å². The highest BCUT2D eigenvalue weighted by molar-refractivity contribution is 5.98. The standard InChI is InChI=1S/C11H13N2O/c12-10-6-2-1-5-9(10)11(14)13-7-3-4-8-13/h1-2,5-6,12H,3-4,7-8H2. The molecule has 1 aliphatic heterocycles. The van der Waals surface area contributed by atoms with Crippen LogP contribution in [0.1, 0.15) is 23.2 Å². The Labute approximate surface area is 83.5 Å². The van der Waals surface area contributed by atoms with E-state index in [9.17, 15) is 4.79 Å². The minimum Gasteiger partial charge on any atom is -0.339 e. The maximum absolute atomic E-state index is 11.9. The third kappa shape index (κ3) is 1.58. The minimum atomic E-state index is 0.00750. The van der Waals surface area contributed by atoms with E-state index < -0.39 is 0 Å². The van der Waals surface area contributed by atoms with E-state index in [1.807, 2.05) is 4.90 Å². The van der Waals surface area contributed by atoms with Crippen LogP contribution in [0.4, 0.5) is 5.69 Å². The molecule has 1 aliphatic rings. The maximum atomic E-state index is 11.9. The Balaban J connectivity index is 2.22. The first-order valence-electron chi connectivity index (χ1n) is 4.89. The van der Waals surface area contributed by atoms with Crippen molar-refractivity contribution in [3.05, 3.63) is 29.8 Å². The van der Waals surface area contributed by atoms with E-state index in [0.29, 0.717) is 11.3 Å². The van der Waals surface area contributed by atoms with E-state index in [2.05, 4.69) is 0 Å². The normalized spacial score (nSPS) is 15.9. The van der Waals surface area contributed by atoms with E-state index in [1.54, 1.807) is 24.3 Å². The molecule has 0 unspecified atom stereocenters. The van der Waals surface area contributed by atoms with Gasteiger partial charge in [0, 0.05) is 13.1 Å². The van der Waals surface area contributed by atoms with Crippen LogP contribution in [0.3, 0.4) is 0 Å². The van der Waals surface area contributed by atoms with Crippen LogP contribution in [0.25, 0.3) is 0 Å². The van der Waals surface area contributed by atoms with Crippen molar-refractivity contribution in [2.45, 2.75) is 12.8 Å². The Morgan fingerprint density at radius 2 is 1.86 bits per heavy atom. The number of carbonyl (C=O) groups excluding carboxylic acids is 1. The number of nitrogens with zero attached hydrogens (tertiary/aromatic N) is 1. The van der Waals surface area contributed by atoms with E-state index >= 15 is 0 Å². The molecule has 0 bridgehead atoms. The summed E-state index contributed by atoms with van der Waals surface area (Å²) in [6.45, 7) is 1.68. The van der Waals surface area contributed by atoms with Crippen molar-refractivity contribution in [3.63, 3.8) is 0 Å². The monoisotopic (exact) mass is 189 g/mol. The summed E-state index contributed by atoms with van der Waals surface area (Å²) >= 11 is 0. The van der Waals surface area contributed by atoms with Gasteiger partial charge in [-0.25, -0.2) is 0 Å². The fraction of sp³-hybridized carbons (Fsp3) is 0.364. The predicted octanol–water partition coefficient (Wildman–Crippen LogP) is 1.84. The Hall–Kier alpha value is -1.51. The second-order valence-corrected chi connectivity index (χ2v) is 3.54. The third-order valence-corrected chi connectivity index (χ3v) is 2.55. The molecule has 3 nitrogen and oxygen atoms in total. The molecule has 1 aromatic carbocycles. The second-order valence-electron chi connectivity index (χ2n) is 3.54. The molecule has 14 heavy (non-hydrogen) atoms. The van der Waals surface area contributed by atoms with Crippen LogP contribution in [0.15, 0.2) is 24.3 Å². The first-order chi connectivity index (χ1) is 6.79. The van der Waals surface area contributed by atoms with Crippen molar-refractivity contribution in [1.82, 2.24) is 10.6 Å². The topological polar surface area (TPSA) is 44.1 Å². The highest BCUT2D eigenvalue weighted by atomic mass is 16.2. The molecule has 73 valence electrons. The molecule has 2 rings (SSSR count). The van der Waals surface area contributed by atoms with Gasteiger partial charge in [0.25, 0.3) is 5.91 Å². The summed E-state index contributed by atoms with van der Waals surface area (Å²) in [5, 5.41) is 0. The number of likely N-dealkylation sites (tertiary alicyclic amines) is 1. The predicted molar refractivity (Wildman–Crippen MR) is 54.3 cm³/mol. The van der Waals surface area contributed by atoms with Crippen molar-refractivity contribution >= 4 is 11.6 Å². The summed E-state index contributed by atoms with van der Waals surface area (Å²) in [5.74, 6) is 0.00750. The first-order valence-corrected chi connectivity index (χ1v) is 4.89. The molecule has 1 saturated heterocycles. The van der Waals surface area contributed by atoms with Crippen LogP contribution in [0, 0.1) is 0 Å². The quantitative estimate of drug-likeness (QED) is 0.664. The SMILES string of the molecule is [NH]c1ccccc1C(=O)N1CCCC1. The zero-order valence-corrected chi connectivity index (χ0v) is 7.99. The summed E-state index contributed by atoms with van der Waals surface area (Å²) in [5.41, 5.74) is 8.46. The molecular weight excluding hydrogens is 176 g/mol. The van der Waals surface area contributed by atoms with Gasteiger partial charge in [-0.3, -0.25) is 4.79 Å². The number of benzene rings is 1. The van der Waals surface area contributed by atoms with Gasteiger partial charge in [0.05, 0.1) is 11.3 Å². The van der Waals surface area contributed by atoms with Crippen LogP contribution in [-0.2, 0) is 0 Å². The van der Waals surface area contributed by atoms with Crippen LogP contribution < -0.4 is 5.73 Å². The number of hydrogen-bond donors (Lipinski definition) is 0.